The number of pyridine rings is 1. The SMILES string of the molecule is CC(C)(C)N1CC(c2ccc(N)nc2)C1. The van der Waals surface area contributed by atoms with Crippen LogP contribution in [0.4, 0.5) is 5.82 Å². The minimum atomic E-state index is 0.289. The summed E-state index contributed by atoms with van der Waals surface area (Å²) in [5, 5.41) is 0. The van der Waals surface area contributed by atoms with Crippen LogP contribution in [0.2, 0.25) is 0 Å². The molecule has 2 rings (SSSR count). The first-order chi connectivity index (χ1) is 6.97. The Labute approximate surface area is 91.3 Å². The molecule has 0 atom stereocenters. The fourth-order valence-electron chi connectivity index (χ4n) is 1.90. The van der Waals surface area contributed by atoms with Gasteiger partial charge in [0.05, 0.1) is 0 Å². The summed E-state index contributed by atoms with van der Waals surface area (Å²) in [5.41, 5.74) is 7.16. The number of rotatable bonds is 1. The van der Waals surface area contributed by atoms with Crippen molar-refractivity contribution in [1.29, 1.82) is 0 Å². The summed E-state index contributed by atoms with van der Waals surface area (Å²) in [5.74, 6) is 1.24. The van der Waals surface area contributed by atoms with E-state index in [4.69, 9.17) is 5.73 Å². The molecule has 1 saturated heterocycles. The number of nitrogens with zero attached hydrogens (tertiary/aromatic N) is 2. The van der Waals surface area contributed by atoms with Gasteiger partial charge in [0.1, 0.15) is 5.82 Å². The topological polar surface area (TPSA) is 42.1 Å². The fraction of sp³-hybridized carbons (Fsp3) is 0.583. The van der Waals surface area contributed by atoms with Gasteiger partial charge in [0.15, 0.2) is 0 Å². The van der Waals surface area contributed by atoms with Gasteiger partial charge in [0.25, 0.3) is 0 Å². The van der Waals surface area contributed by atoms with Gasteiger partial charge in [-0.1, -0.05) is 6.07 Å². The Bertz CT molecular complexity index is 331. The summed E-state index contributed by atoms with van der Waals surface area (Å²) in [6.45, 7) is 9.03. The second-order valence-corrected chi connectivity index (χ2v) is 5.29. The quantitative estimate of drug-likeness (QED) is 0.761. The molecule has 82 valence electrons. The van der Waals surface area contributed by atoms with Crippen LogP contribution in [0.3, 0.4) is 0 Å². The molecule has 0 bridgehead atoms. The van der Waals surface area contributed by atoms with Gasteiger partial charge in [-0.3, -0.25) is 4.90 Å². The largest absolute Gasteiger partial charge is 0.384 e. The summed E-state index contributed by atoms with van der Waals surface area (Å²) >= 11 is 0. The highest BCUT2D eigenvalue weighted by molar-refractivity contribution is 5.32. The molecule has 1 fully saturated rings. The number of aromatic nitrogens is 1. The van der Waals surface area contributed by atoms with Crippen molar-refractivity contribution in [3.8, 4) is 0 Å². The zero-order chi connectivity index (χ0) is 11.1. The maximum absolute atomic E-state index is 5.56. The zero-order valence-corrected chi connectivity index (χ0v) is 9.70. The van der Waals surface area contributed by atoms with E-state index in [0.717, 1.165) is 13.1 Å². The zero-order valence-electron chi connectivity index (χ0n) is 9.70. The predicted octanol–water partition coefficient (Wildman–Crippen LogP) is 1.86. The van der Waals surface area contributed by atoms with E-state index in [0.29, 0.717) is 11.7 Å². The van der Waals surface area contributed by atoms with Crippen molar-refractivity contribution in [1.82, 2.24) is 9.88 Å². The van der Waals surface area contributed by atoms with Crippen molar-refractivity contribution in [2.24, 2.45) is 0 Å². The molecule has 15 heavy (non-hydrogen) atoms. The molecule has 2 N–H and O–H groups in total. The number of likely N-dealkylation sites (tertiary alicyclic amines) is 1. The van der Waals surface area contributed by atoms with Crippen molar-refractivity contribution in [2.45, 2.75) is 32.2 Å². The third kappa shape index (κ3) is 2.12. The molecular weight excluding hydrogens is 186 g/mol. The third-order valence-corrected chi connectivity index (χ3v) is 3.11. The van der Waals surface area contributed by atoms with Crippen LogP contribution in [-0.2, 0) is 0 Å². The van der Waals surface area contributed by atoms with E-state index in [2.05, 4.69) is 36.7 Å². The minimum Gasteiger partial charge on any atom is -0.384 e. The Balaban J connectivity index is 1.98. The summed E-state index contributed by atoms with van der Waals surface area (Å²) in [6.07, 6.45) is 1.90. The molecule has 1 aromatic rings. The molecule has 1 aliphatic rings. The maximum atomic E-state index is 5.56. The lowest BCUT2D eigenvalue weighted by Gasteiger charge is -2.47. The van der Waals surface area contributed by atoms with E-state index in [1.54, 1.807) is 0 Å². The first-order valence-corrected chi connectivity index (χ1v) is 5.43. The highest BCUT2D eigenvalue weighted by Crippen LogP contribution is 2.32. The van der Waals surface area contributed by atoms with Crippen molar-refractivity contribution in [3.63, 3.8) is 0 Å². The number of nitrogen functional groups attached to an aromatic ring is 1. The molecule has 1 aromatic heterocycles. The molecule has 0 aromatic carbocycles. The number of hydrogen-bond donors (Lipinski definition) is 1. The van der Waals surface area contributed by atoms with E-state index >= 15 is 0 Å². The Morgan fingerprint density at radius 2 is 2.00 bits per heavy atom. The van der Waals surface area contributed by atoms with Gasteiger partial charge < -0.3 is 5.73 Å². The Morgan fingerprint density at radius 1 is 1.33 bits per heavy atom. The van der Waals surface area contributed by atoms with Crippen LogP contribution in [0.25, 0.3) is 0 Å². The number of nitrogens with two attached hydrogens (primary N) is 1. The molecule has 0 spiro atoms. The van der Waals surface area contributed by atoms with E-state index in [1.807, 2.05) is 12.3 Å². The van der Waals surface area contributed by atoms with Gasteiger partial charge >= 0.3 is 0 Å². The van der Waals surface area contributed by atoms with Crippen molar-refractivity contribution in [2.75, 3.05) is 18.8 Å². The van der Waals surface area contributed by atoms with E-state index < -0.39 is 0 Å². The van der Waals surface area contributed by atoms with Crippen LogP contribution in [-0.4, -0.2) is 28.5 Å². The van der Waals surface area contributed by atoms with E-state index in [-0.39, 0.29) is 5.54 Å². The van der Waals surface area contributed by atoms with E-state index in [1.165, 1.54) is 5.56 Å². The average molecular weight is 205 g/mol. The predicted molar refractivity (Wildman–Crippen MR) is 62.7 cm³/mol. The van der Waals surface area contributed by atoms with Gasteiger partial charge in [-0.15, -0.1) is 0 Å². The second kappa shape index (κ2) is 3.49. The van der Waals surface area contributed by atoms with Gasteiger partial charge in [0.2, 0.25) is 0 Å². The van der Waals surface area contributed by atoms with Gasteiger partial charge in [-0.05, 0) is 32.4 Å². The molecule has 3 heteroatoms. The summed E-state index contributed by atoms with van der Waals surface area (Å²) < 4.78 is 0. The molecule has 0 amide bonds. The fourth-order valence-corrected chi connectivity index (χ4v) is 1.90. The third-order valence-electron chi connectivity index (χ3n) is 3.11. The standard InChI is InChI=1S/C12H19N3/c1-12(2,3)15-7-10(8-15)9-4-5-11(13)14-6-9/h4-6,10H,7-8H2,1-3H3,(H2,13,14). The normalized spacial score (nSPS) is 18.9. The van der Waals surface area contributed by atoms with Crippen LogP contribution in [0.1, 0.15) is 32.3 Å². The lowest BCUT2D eigenvalue weighted by atomic mass is 9.88. The average Bonchev–Trinajstić information content (AvgIpc) is 2.03. The molecule has 0 unspecified atom stereocenters. The molecule has 0 aliphatic carbocycles. The summed E-state index contributed by atoms with van der Waals surface area (Å²) in [7, 11) is 0. The Morgan fingerprint density at radius 3 is 2.47 bits per heavy atom. The number of anilines is 1. The monoisotopic (exact) mass is 205 g/mol. The Kier molecular flexibility index (Phi) is 2.43. The smallest absolute Gasteiger partial charge is 0.123 e. The lowest BCUT2D eigenvalue weighted by molar-refractivity contribution is 0.0469. The molecule has 0 saturated carbocycles. The molecule has 0 radical (unpaired) electrons. The van der Waals surface area contributed by atoms with Crippen molar-refractivity contribution >= 4 is 5.82 Å². The first kappa shape index (κ1) is 10.4. The van der Waals surface area contributed by atoms with E-state index in [9.17, 15) is 0 Å². The number of hydrogen-bond acceptors (Lipinski definition) is 3. The van der Waals surface area contributed by atoms with Crippen molar-refractivity contribution < 1.29 is 0 Å². The highest BCUT2D eigenvalue weighted by Gasteiger charge is 2.34. The second-order valence-electron chi connectivity index (χ2n) is 5.29. The molecule has 1 aliphatic heterocycles. The van der Waals surface area contributed by atoms with Gasteiger partial charge in [-0.2, -0.15) is 0 Å². The lowest BCUT2D eigenvalue weighted by Crippen LogP contribution is -2.54. The Hall–Kier alpha value is -1.09. The summed E-state index contributed by atoms with van der Waals surface area (Å²) in [6, 6.07) is 3.97. The van der Waals surface area contributed by atoms with Crippen molar-refractivity contribution in [3.05, 3.63) is 23.9 Å². The molecule has 3 nitrogen and oxygen atoms in total. The van der Waals surface area contributed by atoms with Crippen LogP contribution < -0.4 is 5.73 Å². The molecular formula is C12H19N3. The van der Waals surface area contributed by atoms with Crippen LogP contribution in [0, 0.1) is 0 Å². The summed E-state index contributed by atoms with van der Waals surface area (Å²) in [4.78, 5) is 6.61. The van der Waals surface area contributed by atoms with Crippen LogP contribution in [0.5, 0.6) is 0 Å². The van der Waals surface area contributed by atoms with Gasteiger partial charge in [-0.25, -0.2) is 4.98 Å². The highest BCUT2D eigenvalue weighted by atomic mass is 15.2. The van der Waals surface area contributed by atoms with Crippen LogP contribution >= 0.6 is 0 Å². The molecule has 2 heterocycles. The first-order valence-electron chi connectivity index (χ1n) is 5.43. The maximum Gasteiger partial charge on any atom is 0.123 e. The van der Waals surface area contributed by atoms with Crippen LogP contribution in [0.15, 0.2) is 18.3 Å². The minimum absolute atomic E-state index is 0.289. The van der Waals surface area contributed by atoms with Gasteiger partial charge in [0, 0.05) is 30.7 Å².